The molecule has 0 bridgehead atoms. The fraction of sp³-hybridized carbons (Fsp3) is 0.350. The zero-order valence-corrected chi connectivity index (χ0v) is 15.6. The van der Waals surface area contributed by atoms with E-state index in [2.05, 4.69) is 39.1 Å². The number of rotatable bonds is 4. The number of anilines is 1. The third-order valence-electron chi connectivity index (χ3n) is 3.76. The molecule has 1 N–H and O–H groups in total. The zero-order chi connectivity index (χ0) is 17.9. The van der Waals surface area contributed by atoms with Gasteiger partial charge in [0.05, 0.1) is 0 Å². The summed E-state index contributed by atoms with van der Waals surface area (Å²) in [6, 6.07) is 11.4. The Balaban J connectivity index is 2.07. The van der Waals surface area contributed by atoms with E-state index in [0.29, 0.717) is 5.02 Å². The molecule has 0 aromatic heterocycles. The summed E-state index contributed by atoms with van der Waals surface area (Å²) in [6.07, 6.45) is 0. The van der Waals surface area contributed by atoms with Crippen molar-refractivity contribution in [3.8, 4) is 5.75 Å². The monoisotopic (exact) mass is 345 g/mol. The van der Waals surface area contributed by atoms with Gasteiger partial charge in [0.1, 0.15) is 5.75 Å². The number of amides is 1. The number of nitrogens with one attached hydrogen (secondary N) is 1. The smallest absolute Gasteiger partial charge is 0.262 e. The van der Waals surface area contributed by atoms with Gasteiger partial charge in [-0.05, 0) is 54.7 Å². The molecule has 0 aliphatic rings. The quantitative estimate of drug-likeness (QED) is 0.819. The Morgan fingerprint density at radius 1 is 1.12 bits per heavy atom. The van der Waals surface area contributed by atoms with Gasteiger partial charge in [-0.2, -0.15) is 0 Å². The van der Waals surface area contributed by atoms with Crippen LogP contribution in [0.2, 0.25) is 5.02 Å². The average Bonchev–Trinajstić information content (AvgIpc) is 2.48. The molecular weight excluding hydrogens is 322 g/mol. The van der Waals surface area contributed by atoms with Gasteiger partial charge in [-0.15, -0.1) is 0 Å². The van der Waals surface area contributed by atoms with Crippen molar-refractivity contribution in [2.75, 3.05) is 11.9 Å². The molecule has 0 aliphatic heterocycles. The van der Waals surface area contributed by atoms with Crippen molar-refractivity contribution in [3.63, 3.8) is 0 Å². The van der Waals surface area contributed by atoms with Crippen molar-refractivity contribution < 1.29 is 9.53 Å². The lowest BCUT2D eigenvalue weighted by Gasteiger charge is -2.23. The van der Waals surface area contributed by atoms with E-state index in [0.717, 1.165) is 22.6 Å². The first-order valence-corrected chi connectivity index (χ1v) is 8.34. The predicted molar refractivity (Wildman–Crippen MR) is 100 cm³/mol. The lowest BCUT2D eigenvalue weighted by Crippen LogP contribution is -2.22. The molecule has 0 saturated carbocycles. The third kappa shape index (κ3) is 4.75. The molecule has 0 unspecified atom stereocenters. The molecule has 0 spiro atoms. The number of hydrogen-bond donors (Lipinski definition) is 1. The molecule has 4 heteroatoms. The molecular formula is C20H24ClNO2. The largest absolute Gasteiger partial charge is 0.483 e. The van der Waals surface area contributed by atoms with Crippen LogP contribution < -0.4 is 10.1 Å². The topological polar surface area (TPSA) is 38.3 Å². The van der Waals surface area contributed by atoms with Crippen molar-refractivity contribution in [1.29, 1.82) is 0 Å². The molecule has 0 radical (unpaired) electrons. The lowest BCUT2D eigenvalue weighted by molar-refractivity contribution is -0.118. The number of carbonyl (C=O) groups is 1. The van der Waals surface area contributed by atoms with Gasteiger partial charge in [0, 0.05) is 10.7 Å². The molecule has 0 atom stereocenters. The normalized spacial score (nSPS) is 11.2. The van der Waals surface area contributed by atoms with E-state index in [1.54, 1.807) is 12.1 Å². The maximum absolute atomic E-state index is 12.2. The average molecular weight is 346 g/mol. The standard InChI is InChI=1S/C20H24ClNO2/c1-13-6-9-18(16(10-13)20(3,4)5)24-12-19(23)22-17-8-7-15(21)11-14(17)2/h6-11H,12H2,1-5H3,(H,22,23). The molecule has 0 fully saturated rings. The summed E-state index contributed by atoms with van der Waals surface area (Å²) in [5.74, 6) is 0.553. The van der Waals surface area contributed by atoms with Gasteiger partial charge in [0.25, 0.3) is 5.91 Å². The number of halogens is 1. The van der Waals surface area contributed by atoms with Gasteiger partial charge >= 0.3 is 0 Å². The first kappa shape index (κ1) is 18.3. The summed E-state index contributed by atoms with van der Waals surface area (Å²) in [5, 5.41) is 3.50. The Bertz CT molecular complexity index is 748. The Labute approximate surface area is 149 Å². The maximum atomic E-state index is 12.2. The van der Waals surface area contributed by atoms with Gasteiger partial charge in [-0.1, -0.05) is 50.1 Å². The Hall–Kier alpha value is -2.00. The van der Waals surface area contributed by atoms with E-state index in [4.69, 9.17) is 16.3 Å². The summed E-state index contributed by atoms with van der Waals surface area (Å²) >= 11 is 5.93. The van der Waals surface area contributed by atoms with Crippen LogP contribution in [0.15, 0.2) is 36.4 Å². The van der Waals surface area contributed by atoms with Crippen molar-refractivity contribution in [2.45, 2.75) is 40.0 Å². The first-order valence-electron chi connectivity index (χ1n) is 7.97. The van der Waals surface area contributed by atoms with E-state index in [1.165, 1.54) is 5.56 Å². The number of ether oxygens (including phenoxy) is 1. The molecule has 128 valence electrons. The van der Waals surface area contributed by atoms with Gasteiger partial charge in [0.2, 0.25) is 0 Å². The summed E-state index contributed by atoms with van der Waals surface area (Å²) < 4.78 is 5.78. The second-order valence-electron chi connectivity index (χ2n) is 7.05. The van der Waals surface area contributed by atoms with Gasteiger partial charge in [-0.3, -0.25) is 4.79 Å². The molecule has 0 aliphatic carbocycles. The second kappa shape index (κ2) is 7.27. The van der Waals surface area contributed by atoms with Crippen LogP contribution in [0.1, 0.15) is 37.5 Å². The van der Waals surface area contributed by atoms with Crippen LogP contribution in [0.5, 0.6) is 5.75 Å². The van der Waals surface area contributed by atoms with E-state index in [1.807, 2.05) is 25.1 Å². The van der Waals surface area contributed by atoms with Gasteiger partial charge in [-0.25, -0.2) is 0 Å². The van der Waals surface area contributed by atoms with Crippen LogP contribution >= 0.6 is 11.6 Å². The van der Waals surface area contributed by atoms with Crippen LogP contribution in [-0.4, -0.2) is 12.5 Å². The second-order valence-corrected chi connectivity index (χ2v) is 7.48. The minimum absolute atomic E-state index is 0.0335. The minimum atomic E-state index is -0.194. The molecule has 2 rings (SSSR count). The minimum Gasteiger partial charge on any atom is -0.483 e. The van der Waals surface area contributed by atoms with Crippen molar-refractivity contribution in [2.24, 2.45) is 0 Å². The molecule has 0 saturated heterocycles. The SMILES string of the molecule is Cc1ccc(OCC(=O)Nc2ccc(Cl)cc2C)c(C(C)(C)C)c1. The molecule has 2 aromatic carbocycles. The Kier molecular flexibility index (Phi) is 5.55. The van der Waals surface area contributed by atoms with Crippen molar-refractivity contribution in [3.05, 3.63) is 58.1 Å². The molecule has 3 nitrogen and oxygen atoms in total. The predicted octanol–water partition coefficient (Wildman–Crippen LogP) is 5.27. The van der Waals surface area contributed by atoms with Crippen LogP contribution in [0.25, 0.3) is 0 Å². The number of carbonyl (C=O) groups excluding carboxylic acids is 1. The fourth-order valence-electron chi connectivity index (χ4n) is 2.45. The number of aryl methyl sites for hydroxylation is 2. The summed E-state index contributed by atoms with van der Waals surface area (Å²) in [7, 11) is 0. The number of benzene rings is 2. The van der Waals surface area contributed by atoms with Crippen LogP contribution in [0.4, 0.5) is 5.69 Å². The van der Waals surface area contributed by atoms with Gasteiger partial charge < -0.3 is 10.1 Å². The molecule has 0 heterocycles. The third-order valence-corrected chi connectivity index (χ3v) is 4.00. The summed E-state index contributed by atoms with van der Waals surface area (Å²) in [6.45, 7) is 10.3. The van der Waals surface area contributed by atoms with E-state index < -0.39 is 0 Å². The van der Waals surface area contributed by atoms with Crippen molar-refractivity contribution >= 4 is 23.2 Å². The molecule has 24 heavy (non-hydrogen) atoms. The van der Waals surface area contributed by atoms with Crippen LogP contribution in [0, 0.1) is 13.8 Å². The van der Waals surface area contributed by atoms with Crippen molar-refractivity contribution in [1.82, 2.24) is 0 Å². The highest BCUT2D eigenvalue weighted by atomic mass is 35.5. The maximum Gasteiger partial charge on any atom is 0.262 e. The molecule has 1 amide bonds. The lowest BCUT2D eigenvalue weighted by atomic mass is 9.85. The molecule has 2 aromatic rings. The Morgan fingerprint density at radius 3 is 2.46 bits per heavy atom. The number of hydrogen-bond acceptors (Lipinski definition) is 2. The van der Waals surface area contributed by atoms with E-state index in [-0.39, 0.29) is 17.9 Å². The van der Waals surface area contributed by atoms with Gasteiger partial charge in [0.15, 0.2) is 6.61 Å². The highest BCUT2D eigenvalue weighted by Crippen LogP contribution is 2.32. The highest BCUT2D eigenvalue weighted by Gasteiger charge is 2.19. The highest BCUT2D eigenvalue weighted by molar-refractivity contribution is 6.30. The first-order chi connectivity index (χ1) is 11.2. The Morgan fingerprint density at radius 2 is 1.83 bits per heavy atom. The fourth-order valence-corrected chi connectivity index (χ4v) is 2.68. The summed E-state index contributed by atoms with van der Waals surface area (Å²) in [4.78, 5) is 12.2. The van der Waals surface area contributed by atoms with E-state index >= 15 is 0 Å². The van der Waals surface area contributed by atoms with Crippen LogP contribution in [0.3, 0.4) is 0 Å². The zero-order valence-electron chi connectivity index (χ0n) is 14.9. The summed E-state index contributed by atoms with van der Waals surface area (Å²) in [5.41, 5.74) is 3.88. The van der Waals surface area contributed by atoms with Crippen LogP contribution in [-0.2, 0) is 10.2 Å². The van der Waals surface area contributed by atoms with E-state index in [9.17, 15) is 4.79 Å².